The number of hydrogen-bond acceptors (Lipinski definition) is 8. The van der Waals surface area contributed by atoms with Gasteiger partial charge in [0.05, 0.1) is 36.3 Å². The maximum atomic E-state index is 13.1. The number of fused-ring (bicyclic) bond motifs is 6. The fraction of sp³-hybridized carbons (Fsp3) is 0.381. The number of imidazole rings is 1. The molecule has 0 spiro atoms. The van der Waals surface area contributed by atoms with Crippen LogP contribution in [0.25, 0.3) is 16.7 Å². The lowest BCUT2D eigenvalue weighted by Gasteiger charge is -2.22. The molecule has 3 aromatic heterocycles. The van der Waals surface area contributed by atoms with E-state index < -0.39 is 0 Å². The Labute approximate surface area is 183 Å². The van der Waals surface area contributed by atoms with Crippen LogP contribution in [0.3, 0.4) is 0 Å². The van der Waals surface area contributed by atoms with Crippen molar-refractivity contribution in [2.24, 2.45) is 7.05 Å². The highest BCUT2D eigenvalue weighted by molar-refractivity contribution is 5.94. The molecule has 0 radical (unpaired) electrons. The third kappa shape index (κ3) is 2.96. The lowest BCUT2D eigenvalue weighted by atomic mass is 10.1. The summed E-state index contributed by atoms with van der Waals surface area (Å²) in [6.07, 6.45) is 4.30. The number of ether oxygens (including phenoxy) is 1. The number of nitrogens with one attached hydrogen (secondary N) is 3. The van der Waals surface area contributed by atoms with E-state index in [9.17, 15) is 4.79 Å². The van der Waals surface area contributed by atoms with Crippen molar-refractivity contribution >= 4 is 39.8 Å². The lowest BCUT2D eigenvalue weighted by molar-refractivity contribution is 0.0271. The number of rotatable bonds is 1. The predicted molar refractivity (Wildman–Crippen MR) is 118 cm³/mol. The van der Waals surface area contributed by atoms with Crippen LogP contribution in [0.1, 0.15) is 35.3 Å². The topological polar surface area (TPSA) is 123 Å². The number of benzene rings is 1. The minimum Gasteiger partial charge on any atom is -0.385 e. The molecule has 2 atom stereocenters. The van der Waals surface area contributed by atoms with Crippen molar-refractivity contribution in [2.45, 2.75) is 38.0 Å². The lowest BCUT2D eigenvalue weighted by Crippen LogP contribution is -2.41. The fourth-order valence-electron chi connectivity index (χ4n) is 4.67. The van der Waals surface area contributed by atoms with Crippen LogP contribution in [0.15, 0.2) is 24.4 Å². The summed E-state index contributed by atoms with van der Waals surface area (Å²) in [4.78, 5) is 17.6. The first-order chi connectivity index (χ1) is 15.6. The quantitative estimate of drug-likeness (QED) is 0.416. The van der Waals surface area contributed by atoms with Crippen molar-refractivity contribution in [2.75, 3.05) is 17.7 Å². The minimum atomic E-state index is -0.210. The van der Waals surface area contributed by atoms with Crippen LogP contribution >= 0.6 is 0 Å². The maximum absolute atomic E-state index is 13.1. The van der Waals surface area contributed by atoms with Crippen LogP contribution in [0.5, 0.6) is 0 Å². The molecule has 0 unspecified atom stereocenters. The SMILES string of the molecule is CNc1cc2nn3c(cnc13)C(=O)N[C@@H]1CCC[C@@H]1OCc1cc(c3c(c1)nnn3C)N2. The van der Waals surface area contributed by atoms with E-state index in [0.717, 1.165) is 47.2 Å². The van der Waals surface area contributed by atoms with E-state index in [0.29, 0.717) is 23.8 Å². The largest absolute Gasteiger partial charge is 0.385 e. The predicted octanol–water partition coefficient (Wildman–Crippen LogP) is 1.98. The smallest absolute Gasteiger partial charge is 0.271 e. The highest BCUT2D eigenvalue weighted by atomic mass is 16.5. The van der Waals surface area contributed by atoms with Gasteiger partial charge in [-0.25, -0.2) is 14.2 Å². The van der Waals surface area contributed by atoms with Crippen molar-refractivity contribution in [3.63, 3.8) is 0 Å². The van der Waals surface area contributed by atoms with Crippen molar-refractivity contribution in [1.82, 2.24) is 34.9 Å². The molecule has 1 saturated carbocycles. The number of hydrogen-bond donors (Lipinski definition) is 3. The maximum Gasteiger partial charge on any atom is 0.271 e. The molecule has 11 heteroatoms. The summed E-state index contributed by atoms with van der Waals surface area (Å²) < 4.78 is 9.55. The standard InChI is InChI=1S/C21H23N9O2/c1-22-15-8-18-24-13-6-11(7-14-19(13)29(2)28-26-14)10-32-17-5-3-4-12(17)25-21(31)16-9-23-20(15)30(16)27-18/h6-9,12,17,22H,3-5,10H2,1-2H3,(H,24,27)(H,25,31)/t12-,17+/m1/s1. The van der Waals surface area contributed by atoms with Gasteiger partial charge in [0.2, 0.25) is 0 Å². The average Bonchev–Trinajstić information content (AvgIpc) is 3.50. The summed E-state index contributed by atoms with van der Waals surface area (Å²) in [7, 11) is 3.67. The number of amides is 1. The third-order valence-corrected chi connectivity index (χ3v) is 6.23. The fourth-order valence-corrected chi connectivity index (χ4v) is 4.67. The van der Waals surface area contributed by atoms with Gasteiger partial charge in [-0.05, 0) is 37.0 Å². The third-order valence-electron chi connectivity index (χ3n) is 6.23. The van der Waals surface area contributed by atoms with Gasteiger partial charge < -0.3 is 20.7 Å². The molecule has 4 bridgehead atoms. The number of nitrogens with zero attached hydrogens (tertiary/aromatic N) is 6. The number of carbonyl (C=O) groups is 1. The molecule has 32 heavy (non-hydrogen) atoms. The molecule has 0 saturated heterocycles. The Balaban J connectivity index is 1.56. The second kappa shape index (κ2) is 7.16. The molecular formula is C21H23N9O2. The first kappa shape index (κ1) is 19.0. The number of anilines is 3. The van der Waals surface area contributed by atoms with E-state index in [1.165, 1.54) is 0 Å². The molecule has 1 aliphatic carbocycles. The van der Waals surface area contributed by atoms with Gasteiger partial charge in [-0.1, -0.05) is 5.21 Å². The first-order valence-electron chi connectivity index (χ1n) is 10.7. The first-order valence-corrected chi connectivity index (χ1v) is 10.7. The second-order valence-corrected chi connectivity index (χ2v) is 8.28. The Morgan fingerprint density at radius 1 is 1.25 bits per heavy atom. The van der Waals surface area contributed by atoms with E-state index in [1.807, 2.05) is 32.3 Å². The zero-order chi connectivity index (χ0) is 21.8. The van der Waals surface area contributed by atoms with Crippen LogP contribution in [-0.2, 0) is 18.4 Å². The zero-order valence-corrected chi connectivity index (χ0v) is 17.8. The normalized spacial score (nSPS) is 20.8. The van der Waals surface area contributed by atoms with Crippen molar-refractivity contribution in [3.05, 3.63) is 35.7 Å². The van der Waals surface area contributed by atoms with Crippen LogP contribution in [-0.4, -0.2) is 54.7 Å². The summed E-state index contributed by atoms with van der Waals surface area (Å²) in [6, 6.07) is 5.84. The van der Waals surface area contributed by atoms with Crippen molar-refractivity contribution < 1.29 is 9.53 Å². The van der Waals surface area contributed by atoms with Gasteiger partial charge in [0.1, 0.15) is 11.0 Å². The molecule has 1 fully saturated rings. The molecule has 3 N–H and O–H groups in total. The summed E-state index contributed by atoms with van der Waals surface area (Å²) in [5, 5.41) is 22.8. The van der Waals surface area contributed by atoms with Crippen molar-refractivity contribution in [3.8, 4) is 0 Å². The Hall–Kier alpha value is -3.73. The van der Waals surface area contributed by atoms with Gasteiger partial charge in [0.15, 0.2) is 17.2 Å². The highest BCUT2D eigenvalue weighted by Crippen LogP contribution is 2.30. The number of carbonyl (C=O) groups excluding carboxylic acids is 1. The van der Waals surface area contributed by atoms with Crippen LogP contribution in [0.2, 0.25) is 0 Å². The van der Waals surface area contributed by atoms with E-state index in [4.69, 9.17) is 4.74 Å². The van der Waals surface area contributed by atoms with E-state index in [2.05, 4.69) is 36.3 Å². The van der Waals surface area contributed by atoms with E-state index in [-0.39, 0.29) is 18.1 Å². The Morgan fingerprint density at radius 3 is 3.03 bits per heavy atom. The van der Waals surface area contributed by atoms with Gasteiger partial charge in [-0.15, -0.1) is 10.2 Å². The molecular weight excluding hydrogens is 410 g/mol. The monoisotopic (exact) mass is 433 g/mol. The van der Waals surface area contributed by atoms with Crippen molar-refractivity contribution in [1.29, 1.82) is 0 Å². The molecule has 2 aliphatic rings. The molecule has 6 rings (SSSR count). The minimum absolute atomic E-state index is 0.0496. The van der Waals surface area contributed by atoms with Gasteiger partial charge in [-0.2, -0.15) is 0 Å². The number of aryl methyl sites for hydroxylation is 1. The second-order valence-electron chi connectivity index (χ2n) is 8.28. The molecule has 1 aromatic carbocycles. The van der Waals surface area contributed by atoms with E-state index in [1.54, 1.807) is 15.4 Å². The van der Waals surface area contributed by atoms with Gasteiger partial charge in [-0.3, -0.25) is 4.79 Å². The molecule has 164 valence electrons. The van der Waals surface area contributed by atoms with Crippen LogP contribution in [0, 0.1) is 0 Å². The van der Waals surface area contributed by atoms with Gasteiger partial charge in [0.25, 0.3) is 5.91 Å². The van der Waals surface area contributed by atoms with Crippen LogP contribution in [0.4, 0.5) is 17.2 Å². The molecule has 4 aromatic rings. The van der Waals surface area contributed by atoms with Gasteiger partial charge in [0, 0.05) is 20.2 Å². The Morgan fingerprint density at radius 2 is 2.16 bits per heavy atom. The highest BCUT2D eigenvalue weighted by Gasteiger charge is 2.31. The molecule has 4 heterocycles. The number of aromatic nitrogens is 6. The van der Waals surface area contributed by atoms with E-state index >= 15 is 0 Å². The van der Waals surface area contributed by atoms with Crippen LogP contribution < -0.4 is 16.0 Å². The molecule has 11 nitrogen and oxygen atoms in total. The molecule has 1 aliphatic heterocycles. The molecule has 1 amide bonds. The average molecular weight is 433 g/mol. The summed E-state index contributed by atoms with van der Waals surface area (Å²) in [5.74, 6) is 0.351. The zero-order valence-electron chi connectivity index (χ0n) is 17.8. The summed E-state index contributed by atoms with van der Waals surface area (Å²) >= 11 is 0. The summed E-state index contributed by atoms with van der Waals surface area (Å²) in [6.45, 7) is 0.421. The summed E-state index contributed by atoms with van der Waals surface area (Å²) in [5.41, 5.74) is 5.14. The van der Waals surface area contributed by atoms with Gasteiger partial charge >= 0.3 is 0 Å². The Bertz CT molecular complexity index is 1360. The Kier molecular flexibility index (Phi) is 4.25.